The first kappa shape index (κ1) is 10.3. The van der Waals surface area contributed by atoms with E-state index in [0.717, 1.165) is 6.29 Å². The van der Waals surface area contributed by atoms with E-state index in [9.17, 15) is 4.79 Å². The van der Waals surface area contributed by atoms with Crippen molar-refractivity contribution in [3.05, 3.63) is 34.3 Å². The van der Waals surface area contributed by atoms with Gasteiger partial charge in [-0.25, -0.2) is 0 Å². The third-order valence-corrected chi connectivity index (χ3v) is 1.83. The van der Waals surface area contributed by atoms with E-state index in [1.165, 1.54) is 0 Å². The highest BCUT2D eigenvalue weighted by Crippen LogP contribution is 2.15. The molecule has 0 heterocycles. The van der Waals surface area contributed by atoms with Crippen LogP contribution in [0.2, 0.25) is 5.02 Å². The molecule has 0 atom stereocenters. The highest BCUT2D eigenvalue weighted by atomic mass is 35.5. The molecule has 0 aliphatic carbocycles. The molecule has 1 aromatic carbocycles. The second-order valence-electron chi connectivity index (χ2n) is 2.48. The van der Waals surface area contributed by atoms with E-state index in [-0.39, 0.29) is 6.42 Å². The average Bonchev–Trinajstić information content (AvgIpc) is 2.21. The summed E-state index contributed by atoms with van der Waals surface area (Å²) in [5.41, 5.74) is 1.08. The van der Waals surface area contributed by atoms with Crippen molar-refractivity contribution in [2.24, 2.45) is 0 Å². The molecular weight excluding hydrogens is 198 g/mol. The first-order valence-electron chi connectivity index (χ1n) is 3.90. The molecular formula is C11H6ClNO. The maximum Gasteiger partial charge on any atom is 0.131 e. The van der Waals surface area contributed by atoms with Crippen LogP contribution >= 0.6 is 11.6 Å². The van der Waals surface area contributed by atoms with Crippen molar-refractivity contribution >= 4 is 17.9 Å². The molecule has 2 nitrogen and oxygen atoms in total. The van der Waals surface area contributed by atoms with Gasteiger partial charge >= 0.3 is 0 Å². The van der Waals surface area contributed by atoms with Crippen LogP contribution in [0.5, 0.6) is 0 Å². The molecule has 0 N–H and O–H groups in total. The molecule has 0 amide bonds. The molecule has 0 saturated heterocycles. The predicted molar refractivity (Wildman–Crippen MR) is 53.7 cm³/mol. The van der Waals surface area contributed by atoms with Crippen molar-refractivity contribution in [2.45, 2.75) is 6.42 Å². The fourth-order valence-electron chi connectivity index (χ4n) is 0.879. The van der Waals surface area contributed by atoms with E-state index in [1.807, 2.05) is 6.07 Å². The summed E-state index contributed by atoms with van der Waals surface area (Å²) in [6, 6.07) is 6.82. The summed E-state index contributed by atoms with van der Waals surface area (Å²) in [5.74, 6) is 5.36. The van der Waals surface area contributed by atoms with Crippen molar-refractivity contribution in [2.75, 3.05) is 0 Å². The number of hydrogen-bond donors (Lipinski definition) is 0. The molecule has 0 unspecified atom stereocenters. The molecule has 0 fully saturated rings. The summed E-state index contributed by atoms with van der Waals surface area (Å²) in [7, 11) is 0. The van der Waals surface area contributed by atoms with Crippen LogP contribution in [0.25, 0.3) is 0 Å². The SMILES string of the molecule is N#Cc1ccc(Cl)c(C#CCC=O)c1. The second-order valence-corrected chi connectivity index (χ2v) is 2.89. The van der Waals surface area contributed by atoms with Crippen LogP contribution in [0, 0.1) is 23.2 Å². The van der Waals surface area contributed by atoms with Gasteiger partial charge in [0.05, 0.1) is 23.1 Å². The van der Waals surface area contributed by atoms with Gasteiger partial charge in [-0.1, -0.05) is 23.4 Å². The summed E-state index contributed by atoms with van der Waals surface area (Å²) < 4.78 is 0. The smallest absolute Gasteiger partial charge is 0.131 e. The molecule has 0 bridgehead atoms. The van der Waals surface area contributed by atoms with Gasteiger partial charge in [-0.2, -0.15) is 5.26 Å². The monoisotopic (exact) mass is 203 g/mol. The van der Waals surface area contributed by atoms with Crippen LogP contribution in [0.4, 0.5) is 0 Å². The third kappa shape index (κ3) is 2.62. The lowest BCUT2D eigenvalue weighted by atomic mass is 10.1. The van der Waals surface area contributed by atoms with Crippen LogP contribution in [-0.4, -0.2) is 6.29 Å². The number of nitriles is 1. The lowest BCUT2D eigenvalue weighted by Crippen LogP contribution is -1.80. The maximum atomic E-state index is 10.0. The van der Waals surface area contributed by atoms with Gasteiger partial charge in [-0.3, -0.25) is 0 Å². The number of nitrogens with zero attached hydrogens (tertiary/aromatic N) is 1. The van der Waals surface area contributed by atoms with Gasteiger partial charge in [-0.05, 0) is 18.2 Å². The van der Waals surface area contributed by atoms with E-state index in [1.54, 1.807) is 18.2 Å². The van der Waals surface area contributed by atoms with Crippen molar-refractivity contribution in [1.82, 2.24) is 0 Å². The summed E-state index contributed by atoms with van der Waals surface area (Å²) >= 11 is 5.83. The number of benzene rings is 1. The van der Waals surface area contributed by atoms with Gasteiger partial charge < -0.3 is 4.79 Å². The number of carbonyl (C=O) groups is 1. The van der Waals surface area contributed by atoms with Crippen LogP contribution in [0.1, 0.15) is 17.5 Å². The Morgan fingerprint density at radius 3 is 2.93 bits per heavy atom. The fraction of sp³-hybridized carbons (Fsp3) is 0.0909. The maximum absolute atomic E-state index is 10.0. The van der Waals surface area contributed by atoms with Crippen LogP contribution in [0.3, 0.4) is 0 Å². The topological polar surface area (TPSA) is 40.9 Å². The highest BCUT2D eigenvalue weighted by Gasteiger charge is 1.97. The molecule has 0 aliphatic rings. The molecule has 1 rings (SSSR count). The van der Waals surface area contributed by atoms with Gasteiger partial charge in [0.1, 0.15) is 6.29 Å². The minimum absolute atomic E-state index is 0.174. The van der Waals surface area contributed by atoms with Gasteiger partial charge in [-0.15, -0.1) is 0 Å². The van der Waals surface area contributed by atoms with Gasteiger partial charge in [0, 0.05) is 5.56 Å². The minimum Gasteiger partial charge on any atom is -0.302 e. The standard InChI is InChI=1S/C11H6ClNO/c12-11-5-4-9(8-13)7-10(11)3-1-2-6-14/h4-7H,2H2. The Morgan fingerprint density at radius 2 is 2.29 bits per heavy atom. The first-order valence-corrected chi connectivity index (χ1v) is 4.28. The Bertz CT molecular complexity index is 449. The zero-order valence-corrected chi connectivity index (χ0v) is 8.01. The summed E-state index contributed by atoms with van der Waals surface area (Å²) in [5, 5.41) is 9.12. The van der Waals surface area contributed by atoms with E-state index in [0.29, 0.717) is 16.1 Å². The van der Waals surface area contributed by atoms with Crippen molar-refractivity contribution in [1.29, 1.82) is 5.26 Å². The Labute approximate surface area is 87.1 Å². The number of rotatable bonds is 1. The predicted octanol–water partition coefficient (Wildman–Crippen LogP) is 2.15. The lowest BCUT2D eigenvalue weighted by Gasteiger charge is -1.94. The van der Waals surface area contributed by atoms with Crippen LogP contribution in [-0.2, 0) is 4.79 Å². The Hall–Kier alpha value is -1.77. The van der Waals surface area contributed by atoms with Crippen molar-refractivity contribution in [3.8, 4) is 17.9 Å². The van der Waals surface area contributed by atoms with Crippen LogP contribution in [0.15, 0.2) is 18.2 Å². The fourth-order valence-corrected chi connectivity index (χ4v) is 1.04. The van der Waals surface area contributed by atoms with Crippen LogP contribution < -0.4 is 0 Å². The van der Waals surface area contributed by atoms with E-state index < -0.39 is 0 Å². The minimum atomic E-state index is 0.174. The Balaban J connectivity index is 3.03. The normalized spacial score (nSPS) is 8.29. The molecule has 0 aromatic heterocycles. The zero-order valence-electron chi connectivity index (χ0n) is 7.25. The van der Waals surface area contributed by atoms with Gasteiger partial charge in [0.15, 0.2) is 0 Å². The van der Waals surface area contributed by atoms with Gasteiger partial charge in [0.25, 0.3) is 0 Å². The Kier molecular flexibility index (Phi) is 3.73. The van der Waals surface area contributed by atoms with Crippen molar-refractivity contribution < 1.29 is 4.79 Å². The quantitative estimate of drug-likeness (QED) is 0.518. The number of hydrogen-bond acceptors (Lipinski definition) is 2. The second kappa shape index (κ2) is 5.07. The van der Waals surface area contributed by atoms with E-state index >= 15 is 0 Å². The lowest BCUT2D eigenvalue weighted by molar-refractivity contribution is -0.107. The molecule has 1 aromatic rings. The molecule has 0 radical (unpaired) electrons. The number of halogens is 1. The Morgan fingerprint density at radius 1 is 1.50 bits per heavy atom. The largest absolute Gasteiger partial charge is 0.302 e. The summed E-state index contributed by atoms with van der Waals surface area (Å²) in [6.45, 7) is 0. The molecule has 0 saturated carbocycles. The van der Waals surface area contributed by atoms with Crippen molar-refractivity contribution in [3.63, 3.8) is 0 Å². The summed E-state index contributed by atoms with van der Waals surface area (Å²) in [6.07, 6.45) is 0.891. The molecule has 68 valence electrons. The van der Waals surface area contributed by atoms with E-state index in [4.69, 9.17) is 16.9 Å². The molecule has 0 aliphatic heterocycles. The number of aldehydes is 1. The average molecular weight is 204 g/mol. The molecule has 14 heavy (non-hydrogen) atoms. The number of carbonyl (C=O) groups excluding carboxylic acids is 1. The molecule has 3 heteroatoms. The summed E-state index contributed by atoms with van der Waals surface area (Å²) in [4.78, 5) is 10.0. The van der Waals surface area contributed by atoms with E-state index in [2.05, 4.69) is 11.8 Å². The molecule has 0 spiro atoms. The highest BCUT2D eigenvalue weighted by molar-refractivity contribution is 6.31. The first-order chi connectivity index (χ1) is 6.77. The zero-order chi connectivity index (χ0) is 10.4. The third-order valence-electron chi connectivity index (χ3n) is 1.50. The van der Waals surface area contributed by atoms with Gasteiger partial charge in [0.2, 0.25) is 0 Å².